The highest BCUT2D eigenvalue weighted by molar-refractivity contribution is 8.00. The SMILES string of the molecule is CSC1CC(=O)N(CCOCCOCCN2C(=O)CC(CC(=O)N(C)[C@H](C)C(=O)O[C@H]3CC(=O)N(C)c4cc(cc(CO)c4Cl)C/C(C)=C/C=C/[C@@H](CO)[C@@]4(O)C[C@H](OC(=O)N4)[C@@H](C)[C@@H]4O[C@@]34C)C2=O)C1=O. The molecule has 1 aromatic rings. The number of imide groups is 2. The van der Waals surface area contributed by atoms with Gasteiger partial charge in [0.25, 0.3) is 0 Å². The lowest BCUT2D eigenvalue weighted by Crippen LogP contribution is -2.62. The van der Waals surface area contributed by atoms with E-state index in [0.29, 0.717) is 17.5 Å². The molecule has 1 aromatic carbocycles. The number of hydrogen-bond acceptors (Lipinski definition) is 17. The van der Waals surface area contributed by atoms with Crippen LogP contribution in [0.1, 0.15) is 70.9 Å². The zero-order valence-electron chi connectivity index (χ0n) is 41.6. The van der Waals surface area contributed by atoms with E-state index in [2.05, 4.69) is 5.32 Å². The van der Waals surface area contributed by atoms with Crippen LogP contribution in [0.25, 0.3) is 0 Å². The van der Waals surface area contributed by atoms with Crippen LogP contribution in [0, 0.1) is 17.8 Å². The molecule has 72 heavy (non-hydrogen) atoms. The van der Waals surface area contributed by atoms with Crippen molar-refractivity contribution in [3.8, 4) is 0 Å². The standard InChI is InChI=1S/C49H66ClN5O16S/c1-27-9-8-10-33(26-57)49(66)24-35(69-47(65)51-49)28(2)43-48(4,71-43)37(23-39(59)53(6)34-19-30(17-27)18-32(25-56)42(34)50)70-46(64)29(3)52(5)38(58)20-31-21-40(60)54(44(31)62)11-13-67-15-16-68-14-12-55-41(61)22-36(72-7)45(55)63/h8-10,18-19,28-29,31,33,35-37,43,56-57,66H,11-17,20-26H2,1-7H3,(H,51,65)/b10-8+,27-9+/t28-,29-,31?,33+,35+,36?,37+,43+,48+,49+/m1/s1. The monoisotopic (exact) mass is 1050 g/mol. The van der Waals surface area contributed by atoms with Gasteiger partial charge in [-0.1, -0.05) is 48.4 Å². The Morgan fingerprint density at radius 1 is 0.986 bits per heavy atom. The summed E-state index contributed by atoms with van der Waals surface area (Å²) in [6.45, 7) is 6.10. The molecule has 0 aromatic heterocycles. The molecule has 7 amide bonds. The highest BCUT2D eigenvalue weighted by Crippen LogP contribution is 2.49. The van der Waals surface area contributed by atoms with Gasteiger partial charge in [0.15, 0.2) is 5.72 Å². The van der Waals surface area contributed by atoms with E-state index in [1.54, 1.807) is 50.5 Å². The number of hydrogen-bond donors (Lipinski definition) is 4. The van der Waals surface area contributed by atoms with Crippen LogP contribution in [0.2, 0.25) is 5.02 Å². The molecule has 21 nitrogen and oxygen atoms in total. The van der Waals surface area contributed by atoms with Gasteiger partial charge in [-0.3, -0.25) is 43.9 Å². The van der Waals surface area contributed by atoms with E-state index in [4.69, 9.17) is 35.3 Å². The number of allylic oxidation sites excluding steroid dienone is 3. The van der Waals surface area contributed by atoms with Gasteiger partial charge in [0.1, 0.15) is 23.9 Å². The third-order valence-corrected chi connectivity index (χ3v) is 15.6. The summed E-state index contributed by atoms with van der Waals surface area (Å²) in [6.07, 6.45) is 2.05. The summed E-state index contributed by atoms with van der Waals surface area (Å²) in [6, 6.07) is 2.15. The number of carbonyl (C=O) groups excluding carboxylic acids is 8. The second-order valence-electron chi connectivity index (χ2n) is 19.2. The Kier molecular flexibility index (Phi) is 18.7. The number of nitrogens with one attached hydrogen (secondary N) is 1. The van der Waals surface area contributed by atoms with Gasteiger partial charge in [-0.2, -0.15) is 11.8 Å². The molecule has 4 saturated heterocycles. The van der Waals surface area contributed by atoms with Crippen molar-refractivity contribution in [1.29, 1.82) is 0 Å². The molecule has 5 aliphatic heterocycles. The predicted octanol–water partition coefficient (Wildman–Crippen LogP) is 1.88. The van der Waals surface area contributed by atoms with Gasteiger partial charge in [0.2, 0.25) is 35.4 Å². The number of amides is 7. The minimum absolute atomic E-state index is 0.00205. The number of esters is 1. The average Bonchev–Trinajstić information content (AvgIpc) is 3.86. The lowest BCUT2D eigenvalue weighted by Gasteiger charge is -2.42. The van der Waals surface area contributed by atoms with E-state index in [-0.39, 0.29) is 86.6 Å². The summed E-state index contributed by atoms with van der Waals surface area (Å²) >= 11 is 8.09. The highest BCUT2D eigenvalue weighted by atomic mass is 35.5. The van der Waals surface area contributed by atoms with Crippen molar-refractivity contribution in [2.75, 3.05) is 71.4 Å². The fourth-order valence-corrected chi connectivity index (χ4v) is 10.4. The molecule has 6 rings (SSSR count). The van der Waals surface area contributed by atoms with Crippen molar-refractivity contribution in [2.24, 2.45) is 17.8 Å². The summed E-state index contributed by atoms with van der Waals surface area (Å²) < 4.78 is 29.0. The summed E-state index contributed by atoms with van der Waals surface area (Å²) in [5, 5.41) is 34.6. The number of benzene rings is 1. The number of ether oxygens (including phenoxy) is 5. The van der Waals surface area contributed by atoms with Crippen molar-refractivity contribution in [2.45, 2.75) is 114 Å². The molecule has 0 aliphatic carbocycles. The quantitative estimate of drug-likeness (QED) is 0.0751. The number of thioether (sulfide) groups is 1. The van der Waals surface area contributed by atoms with E-state index >= 15 is 0 Å². The maximum absolute atomic E-state index is 14.3. The fraction of sp³-hybridized carbons (Fsp3) is 0.633. The number of carbonyl (C=O) groups is 8. The first-order valence-corrected chi connectivity index (χ1v) is 25.6. The lowest BCUT2D eigenvalue weighted by molar-refractivity contribution is -0.162. The number of nitrogens with zero attached hydrogens (tertiary/aromatic N) is 4. The number of alkyl carbamates (subject to hydrolysis) is 1. The van der Waals surface area contributed by atoms with Gasteiger partial charge in [-0.15, -0.1) is 0 Å². The van der Waals surface area contributed by atoms with Crippen LogP contribution < -0.4 is 10.2 Å². The smallest absolute Gasteiger partial charge is 0.409 e. The van der Waals surface area contributed by atoms with Gasteiger partial charge in [-0.25, -0.2) is 9.59 Å². The average molecular weight is 1050 g/mol. The Balaban J connectivity index is 1.10. The molecule has 4 bridgehead atoms. The van der Waals surface area contributed by atoms with E-state index in [9.17, 15) is 53.7 Å². The maximum Gasteiger partial charge on any atom is 0.409 e. The molecule has 0 radical (unpaired) electrons. The molecule has 4 N–H and O–H groups in total. The Labute approximate surface area is 427 Å². The van der Waals surface area contributed by atoms with Crippen molar-refractivity contribution in [1.82, 2.24) is 20.0 Å². The Hall–Kier alpha value is -4.94. The van der Waals surface area contributed by atoms with Gasteiger partial charge >= 0.3 is 12.1 Å². The Morgan fingerprint density at radius 2 is 1.64 bits per heavy atom. The summed E-state index contributed by atoms with van der Waals surface area (Å²) in [5.74, 6) is -6.25. The Morgan fingerprint density at radius 3 is 2.26 bits per heavy atom. The molecule has 10 atom stereocenters. The second-order valence-corrected chi connectivity index (χ2v) is 20.6. The molecular formula is C49H66ClN5O16S. The van der Waals surface area contributed by atoms with E-state index in [1.165, 1.54) is 42.6 Å². The van der Waals surface area contributed by atoms with Crippen molar-refractivity contribution in [3.63, 3.8) is 0 Å². The molecule has 5 aliphatic rings. The van der Waals surface area contributed by atoms with Crippen molar-refractivity contribution < 1.29 is 77.4 Å². The number of halogens is 1. The van der Waals surface area contributed by atoms with E-state index in [1.807, 2.05) is 6.92 Å². The maximum atomic E-state index is 14.3. The first-order valence-electron chi connectivity index (χ1n) is 23.9. The third kappa shape index (κ3) is 12.7. The molecular weight excluding hydrogens is 982 g/mol. The number of epoxide rings is 1. The molecule has 0 spiro atoms. The van der Waals surface area contributed by atoms with Crippen molar-refractivity contribution in [3.05, 3.63) is 52.1 Å². The number of rotatable bonds is 17. The van der Waals surface area contributed by atoms with Gasteiger partial charge in [-0.05, 0) is 50.6 Å². The number of aliphatic hydroxyl groups is 3. The van der Waals surface area contributed by atoms with Crippen LogP contribution in [-0.4, -0.2) is 185 Å². The number of aliphatic hydroxyl groups excluding tert-OH is 2. The number of likely N-dealkylation sites (tertiary alicyclic amines) is 2. The van der Waals surface area contributed by atoms with Crippen LogP contribution in [0.15, 0.2) is 35.9 Å². The number of likely N-dealkylation sites (N-methyl/N-ethyl adjacent to an activating group) is 1. The third-order valence-electron chi connectivity index (χ3n) is 14.3. The summed E-state index contributed by atoms with van der Waals surface area (Å²) in [7, 11) is 2.84. The summed E-state index contributed by atoms with van der Waals surface area (Å²) in [5.41, 5.74) is -1.15. The molecule has 396 valence electrons. The van der Waals surface area contributed by atoms with Gasteiger partial charge in [0, 0.05) is 51.6 Å². The van der Waals surface area contributed by atoms with Crippen LogP contribution >= 0.6 is 23.4 Å². The van der Waals surface area contributed by atoms with Crippen molar-refractivity contribution >= 4 is 76.6 Å². The molecule has 0 saturated carbocycles. The van der Waals surface area contributed by atoms with E-state index in [0.717, 1.165) is 15.4 Å². The summed E-state index contributed by atoms with van der Waals surface area (Å²) in [4.78, 5) is 110. The zero-order valence-corrected chi connectivity index (χ0v) is 43.2. The normalized spacial score (nSPS) is 30.6. The van der Waals surface area contributed by atoms with Gasteiger partial charge in [0.05, 0.1) is 87.1 Å². The fourth-order valence-electron chi connectivity index (χ4n) is 9.51. The van der Waals surface area contributed by atoms with Crippen LogP contribution in [0.5, 0.6) is 0 Å². The largest absolute Gasteiger partial charge is 0.457 e. The highest BCUT2D eigenvalue weighted by Gasteiger charge is 2.64. The Bertz CT molecular complexity index is 2340. The van der Waals surface area contributed by atoms with E-state index < -0.39 is 115 Å². The molecule has 4 fully saturated rings. The van der Waals surface area contributed by atoms with Crippen LogP contribution in [0.3, 0.4) is 0 Å². The second kappa shape index (κ2) is 23.9. The minimum Gasteiger partial charge on any atom is -0.457 e. The van der Waals surface area contributed by atoms with Crippen LogP contribution in [-0.2, 0) is 70.3 Å². The number of fused-ring (bicyclic) bond motifs is 5. The van der Waals surface area contributed by atoms with Crippen LogP contribution in [0.4, 0.5) is 10.5 Å². The molecule has 23 heteroatoms. The predicted molar refractivity (Wildman–Crippen MR) is 260 cm³/mol. The minimum atomic E-state index is -1.94. The first kappa shape index (κ1) is 56.4. The lowest BCUT2D eigenvalue weighted by atomic mass is 9.81. The van der Waals surface area contributed by atoms with Gasteiger partial charge < -0.3 is 48.8 Å². The first-order chi connectivity index (χ1) is 34.1. The topological polar surface area (TPSA) is 272 Å². The number of anilines is 1. The zero-order chi connectivity index (χ0) is 52.8. The molecule has 2 unspecified atom stereocenters. The molecule has 5 heterocycles.